The molecule has 0 aliphatic rings. The third-order valence-electron chi connectivity index (χ3n) is 3.00. The maximum Gasteiger partial charge on any atom is 0.311 e. The van der Waals surface area contributed by atoms with Crippen molar-refractivity contribution in [1.29, 1.82) is 0 Å². The van der Waals surface area contributed by atoms with E-state index in [0.29, 0.717) is 6.42 Å². The molecule has 0 heterocycles. The van der Waals surface area contributed by atoms with Gasteiger partial charge in [0, 0.05) is 0 Å². The van der Waals surface area contributed by atoms with E-state index in [0.717, 1.165) is 12.8 Å². The fourth-order valence-electron chi connectivity index (χ4n) is 1.73. The van der Waals surface area contributed by atoms with Crippen LogP contribution in [-0.2, 0) is 9.53 Å². The largest absolute Gasteiger partial charge is 0.469 e. The lowest BCUT2D eigenvalue weighted by molar-refractivity contribution is -0.148. The molecular weight excluding hydrogens is 204 g/mol. The van der Waals surface area contributed by atoms with E-state index in [1.54, 1.807) is 6.92 Å². The number of rotatable bonds is 9. The van der Waals surface area contributed by atoms with Crippen molar-refractivity contribution < 1.29 is 14.6 Å². The predicted molar refractivity (Wildman–Crippen MR) is 65.2 cm³/mol. The molecule has 0 aliphatic heterocycles. The van der Waals surface area contributed by atoms with Crippen molar-refractivity contribution in [2.24, 2.45) is 5.92 Å². The first-order valence-electron chi connectivity index (χ1n) is 6.39. The van der Waals surface area contributed by atoms with Gasteiger partial charge in [0.1, 0.15) is 0 Å². The standard InChI is InChI=1S/C13H26O3/c1-4-5-6-7-8-9-10-12(14)11(2)13(15)16-3/h11-12,14H,4-10H2,1-3H3/t11-,12-/m0/s1. The molecule has 96 valence electrons. The molecule has 0 aromatic heterocycles. The topological polar surface area (TPSA) is 46.5 Å². The highest BCUT2D eigenvalue weighted by atomic mass is 16.5. The first-order chi connectivity index (χ1) is 7.63. The minimum absolute atomic E-state index is 0.321. The summed E-state index contributed by atoms with van der Waals surface area (Å²) in [6.45, 7) is 3.91. The van der Waals surface area contributed by atoms with E-state index in [4.69, 9.17) is 0 Å². The van der Waals surface area contributed by atoms with Crippen LogP contribution in [0.4, 0.5) is 0 Å². The van der Waals surface area contributed by atoms with Crippen LogP contribution in [0.15, 0.2) is 0 Å². The highest BCUT2D eigenvalue weighted by Crippen LogP contribution is 2.14. The summed E-state index contributed by atoms with van der Waals surface area (Å²) >= 11 is 0. The van der Waals surface area contributed by atoms with Gasteiger partial charge in [0.05, 0.1) is 19.1 Å². The molecule has 0 bridgehead atoms. The highest BCUT2D eigenvalue weighted by Gasteiger charge is 2.21. The number of hydrogen-bond acceptors (Lipinski definition) is 3. The Labute approximate surface area is 99.2 Å². The SMILES string of the molecule is CCCCCCCC[C@H](O)[C@H](C)C(=O)OC. The van der Waals surface area contributed by atoms with Crippen molar-refractivity contribution in [3.05, 3.63) is 0 Å². The molecule has 0 aromatic carbocycles. The van der Waals surface area contributed by atoms with E-state index >= 15 is 0 Å². The van der Waals surface area contributed by atoms with E-state index in [-0.39, 0.29) is 5.97 Å². The maximum absolute atomic E-state index is 11.1. The quantitative estimate of drug-likeness (QED) is 0.489. The van der Waals surface area contributed by atoms with Crippen LogP contribution >= 0.6 is 0 Å². The minimum atomic E-state index is -0.557. The first kappa shape index (κ1) is 15.4. The molecule has 0 aliphatic carbocycles. The molecule has 3 heteroatoms. The van der Waals surface area contributed by atoms with Crippen LogP contribution in [-0.4, -0.2) is 24.3 Å². The fraction of sp³-hybridized carbons (Fsp3) is 0.923. The molecule has 0 saturated heterocycles. The van der Waals surface area contributed by atoms with E-state index in [1.165, 1.54) is 32.8 Å². The molecule has 0 amide bonds. The number of carbonyl (C=O) groups is 1. The van der Waals surface area contributed by atoms with Gasteiger partial charge in [-0.2, -0.15) is 0 Å². The van der Waals surface area contributed by atoms with Crippen molar-refractivity contribution in [2.75, 3.05) is 7.11 Å². The maximum atomic E-state index is 11.1. The summed E-state index contributed by atoms with van der Waals surface area (Å²) in [6.07, 6.45) is 7.33. The molecule has 0 rings (SSSR count). The van der Waals surface area contributed by atoms with Crippen LogP contribution in [0.2, 0.25) is 0 Å². The monoisotopic (exact) mass is 230 g/mol. The number of aliphatic hydroxyl groups excluding tert-OH is 1. The zero-order valence-corrected chi connectivity index (χ0v) is 10.9. The number of esters is 1. The van der Waals surface area contributed by atoms with E-state index in [2.05, 4.69) is 11.7 Å². The Hall–Kier alpha value is -0.570. The lowest BCUT2D eigenvalue weighted by Gasteiger charge is -2.16. The summed E-state index contributed by atoms with van der Waals surface area (Å²) in [5.41, 5.74) is 0. The number of unbranched alkanes of at least 4 members (excludes halogenated alkanes) is 5. The van der Waals surface area contributed by atoms with E-state index in [1.807, 2.05) is 0 Å². The van der Waals surface area contributed by atoms with Crippen LogP contribution in [0, 0.1) is 5.92 Å². The van der Waals surface area contributed by atoms with E-state index in [9.17, 15) is 9.90 Å². The van der Waals surface area contributed by atoms with Gasteiger partial charge in [0.15, 0.2) is 0 Å². The molecule has 3 nitrogen and oxygen atoms in total. The molecule has 2 atom stereocenters. The summed E-state index contributed by atoms with van der Waals surface area (Å²) in [4.78, 5) is 11.1. The summed E-state index contributed by atoms with van der Waals surface area (Å²) in [6, 6.07) is 0. The second-order valence-electron chi connectivity index (χ2n) is 4.44. The van der Waals surface area contributed by atoms with Gasteiger partial charge in [-0.05, 0) is 13.3 Å². The average molecular weight is 230 g/mol. The van der Waals surface area contributed by atoms with Crippen molar-refractivity contribution in [1.82, 2.24) is 0 Å². The summed E-state index contributed by atoms with van der Waals surface area (Å²) in [5, 5.41) is 9.72. The number of hydrogen-bond donors (Lipinski definition) is 1. The molecule has 0 unspecified atom stereocenters. The van der Waals surface area contributed by atoms with Gasteiger partial charge in [-0.3, -0.25) is 4.79 Å². The third kappa shape index (κ3) is 6.83. The number of aliphatic hydroxyl groups is 1. The molecule has 16 heavy (non-hydrogen) atoms. The van der Waals surface area contributed by atoms with Crippen molar-refractivity contribution in [3.63, 3.8) is 0 Å². The summed E-state index contributed by atoms with van der Waals surface area (Å²) < 4.78 is 4.59. The Kier molecular flexibility index (Phi) is 9.30. The van der Waals surface area contributed by atoms with Crippen molar-refractivity contribution in [2.45, 2.75) is 64.9 Å². The van der Waals surface area contributed by atoms with Gasteiger partial charge < -0.3 is 9.84 Å². The van der Waals surface area contributed by atoms with Crippen LogP contribution in [0.25, 0.3) is 0 Å². The van der Waals surface area contributed by atoms with Gasteiger partial charge in [-0.15, -0.1) is 0 Å². The zero-order valence-electron chi connectivity index (χ0n) is 10.9. The van der Waals surface area contributed by atoms with Gasteiger partial charge in [0.25, 0.3) is 0 Å². The molecule has 0 aromatic rings. The summed E-state index contributed by atoms with van der Waals surface area (Å²) in [7, 11) is 1.36. The second kappa shape index (κ2) is 9.64. The van der Waals surface area contributed by atoms with Crippen LogP contribution < -0.4 is 0 Å². The Morgan fingerprint density at radius 2 is 1.75 bits per heavy atom. The normalized spacial score (nSPS) is 14.5. The average Bonchev–Trinajstić information content (AvgIpc) is 2.31. The second-order valence-corrected chi connectivity index (χ2v) is 4.44. The molecule has 0 fully saturated rings. The number of methoxy groups -OCH3 is 1. The highest BCUT2D eigenvalue weighted by molar-refractivity contribution is 5.72. The van der Waals surface area contributed by atoms with Crippen LogP contribution in [0.3, 0.4) is 0 Å². The lowest BCUT2D eigenvalue weighted by atomic mass is 9.98. The van der Waals surface area contributed by atoms with Gasteiger partial charge in [0.2, 0.25) is 0 Å². The minimum Gasteiger partial charge on any atom is -0.469 e. The number of ether oxygens (including phenoxy) is 1. The lowest BCUT2D eigenvalue weighted by Crippen LogP contribution is -2.26. The molecule has 0 radical (unpaired) electrons. The Morgan fingerprint density at radius 1 is 1.19 bits per heavy atom. The van der Waals surface area contributed by atoms with Gasteiger partial charge >= 0.3 is 5.97 Å². The molecule has 1 N–H and O–H groups in total. The Balaban J connectivity index is 3.49. The zero-order chi connectivity index (χ0) is 12.4. The predicted octanol–water partition coefficient (Wildman–Crippen LogP) is 2.91. The fourth-order valence-corrected chi connectivity index (χ4v) is 1.73. The Bertz CT molecular complexity index is 180. The van der Waals surface area contributed by atoms with Gasteiger partial charge in [-0.1, -0.05) is 45.4 Å². The van der Waals surface area contributed by atoms with E-state index < -0.39 is 12.0 Å². The van der Waals surface area contributed by atoms with Crippen molar-refractivity contribution >= 4 is 5.97 Å². The summed E-state index contributed by atoms with van der Waals surface area (Å²) in [5.74, 6) is -0.723. The van der Waals surface area contributed by atoms with Crippen LogP contribution in [0.1, 0.15) is 58.8 Å². The molecule has 0 saturated carbocycles. The van der Waals surface area contributed by atoms with Gasteiger partial charge in [-0.25, -0.2) is 0 Å². The van der Waals surface area contributed by atoms with Crippen LogP contribution in [0.5, 0.6) is 0 Å². The smallest absolute Gasteiger partial charge is 0.311 e. The number of carbonyl (C=O) groups excluding carboxylic acids is 1. The molecular formula is C13H26O3. The first-order valence-corrected chi connectivity index (χ1v) is 6.39. The third-order valence-corrected chi connectivity index (χ3v) is 3.00. The molecule has 0 spiro atoms. The van der Waals surface area contributed by atoms with Crippen molar-refractivity contribution in [3.8, 4) is 0 Å². The Morgan fingerprint density at radius 3 is 2.31 bits per heavy atom.